The summed E-state index contributed by atoms with van der Waals surface area (Å²) in [5.74, 6) is 2.96. The molecule has 9 nitrogen and oxygen atoms in total. The number of thioether (sulfide) groups is 1. The Morgan fingerprint density at radius 2 is 1.94 bits per heavy atom. The van der Waals surface area contributed by atoms with E-state index in [9.17, 15) is 4.79 Å². The minimum absolute atomic E-state index is 0.0892. The number of amides is 1. The Balaban J connectivity index is 1.22. The molecule has 0 fully saturated rings. The number of aromatic nitrogens is 4. The van der Waals surface area contributed by atoms with Crippen LogP contribution in [0.1, 0.15) is 5.56 Å². The van der Waals surface area contributed by atoms with Crippen molar-refractivity contribution >= 4 is 23.3 Å². The highest BCUT2D eigenvalue weighted by Crippen LogP contribution is 2.32. The Kier molecular flexibility index (Phi) is 5.51. The fraction of sp³-hybridized carbons (Fsp3) is 0.182. The maximum absolute atomic E-state index is 12.3. The standard InChI is InChI=1S/C22H19N5O4S/c1-29-16-5-3-15(4-6-16)22-25-24-19-8-9-21(26-27(19)22)32-12-20(28)23-11-14-2-7-17-18(10-14)31-13-30-17/h2-10H,11-13H2,1H3,(H,23,28). The van der Waals surface area contributed by atoms with E-state index in [0.717, 1.165) is 22.6 Å². The van der Waals surface area contributed by atoms with Gasteiger partial charge in [0.1, 0.15) is 10.8 Å². The van der Waals surface area contributed by atoms with Gasteiger partial charge in [0.25, 0.3) is 0 Å². The Morgan fingerprint density at radius 3 is 2.78 bits per heavy atom. The van der Waals surface area contributed by atoms with E-state index in [1.54, 1.807) is 11.6 Å². The van der Waals surface area contributed by atoms with Crippen LogP contribution in [0.4, 0.5) is 0 Å². The molecule has 0 bridgehead atoms. The number of ether oxygens (including phenoxy) is 3. The number of nitrogens with one attached hydrogen (secondary N) is 1. The van der Waals surface area contributed by atoms with Crippen LogP contribution in [-0.4, -0.2) is 45.4 Å². The van der Waals surface area contributed by atoms with Crippen molar-refractivity contribution in [2.24, 2.45) is 0 Å². The van der Waals surface area contributed by atoms with Crippen molar-refractivity contribution < 1.29 is 19.0 Å². The summed E-state index contributed by atoms with van der Waals surface area (Å²) in [5, 5.41) is 16.6. The monoisotopic (exact) mass is 449 g/mol. The molecule has 2 aromatic heterocycles. The van der Waals surface area contributed by atoms with Crippen molar-refractivity contribution in [2.45, 2.75) is 11.6 Å². The van der Waals surface area contributed by atoms with Crippen molar-refractivity contribution in [2.75, 3.05) is 19.7 Å². The molecule has 0 saturated carbocycles. The summed E-state index contributed by atoms with van der Waals surface area (Å²) in [6.07, 6.45) is 0. The molecular weight excluding hydrogens is 430 g/mol. The highest BCUT2D eigenvalue weighted by Gasteiger charge is 2.14. The summed E-state index contributed by atoms with van der Waals surface area (Å²) in [4.78, 5) is 12.3. The van der Waals surface area contributed by atoms with Crippen molar-refractivity contribution in [1.82, 2.24) is 25.1 Å². The fourth-order valence-electron chi connectivity index (χ4n) is 3.21. The number of hydrogen-bond donors (Lipinski definition) is 1. The summed E-state index contributed by atoms with van der Waals surface area (Å²) in [6.45, 7) is 0.640. The average molecular weight is 449 g/mol. The topological polar surface area (TPSA) is 99.9 Å². The smallest absolute Gasteiger partial charge is 0.231 e. The van der Waals surface area contributed by atoms with Crippen molar-refractivity contribution in [1.29, 1.82) is 0 Å². The summed E-state index contributed by atoms with van der Waals surface area (Å²) in [6, 6.07) is 16.8. The molecule has 1 aliphatic rings. The third-order valence-electron chi connectivity index (χ3n) is 4.86. The molecule has 10 heteroatoms. The van der Waals surface area contributed by atoms with E-state index in [0.29, 0.717) is 28.8 Å². The predicted molar refractivity (Wildman–Crippen MR) is 118 cm³/mol. The molecule has 0 saturated heterocycles. The first-order valence-corrected chi connectivity index (χ1v) is 10.8. The molecule has 5 rings (SSSR count). The molecule has 0 radical (unpaired) electrons. The van der Waals surface area contributed by atoms with Crippen LogP contribution in [0.5, 0.6) is 17.2 Å². The van der Waals surface area contributed by atoms with Gasteiger partial charge in [-0.05, 0) is 54.1 Å². The molecule has 32 heavy (non-hydrogen) atoms. The van der Waals surface area contributed by atoms with Gasteiger partial charge in [0.05, 0.1) is 12.9 Å². The molecule has 0 spiro atoms. The minimum atomic E-state index is -0.0892. The van der Waals surface area contributed by atoms with E-state index in [1.807, 2.05) is 54.6 Å². The second-order valence-corrected chi connectivity index (χ2v) is 7.94. The Bertz CT molecular complexity index is 1280. The zero-order valence-electron chi connectivity index (χ0n) is 17.1. The van der Waals surface area contributed by atoms with E-state index in [2.05, 4.69) is 20.6 Å². The maximum atomic E-state index is 12.3. The molecule has 4 aromatic rings. The van der Waals surface area contributed by atoms with Crippen molar-refractivity contribution in [3.63, 3.8) is 0 Å². The number of rotatable bonds is 7. The molecule has 162 valence electrons. The van der Waals surface area contributed by atoms with Crippen molar-refractivity contribution in [3.8, 4) is 28.6 Å². The first-order chi connectivity index (χ1) is 15.7. The van der Waals surface area contributed by atoms with E-state index in [4.69, 9.17) is 14.2 Å². The quantitative estimate of drug-likeness (QED) is 0.430. The zero-order chi connectivity index (χ0) is 21.9. The summed E-state index contributed by atoms with van der Waals surface area (Å²) < 4.78 is 17.5. The third-order valence-corrected chi connectivity index (χ3v) is 5.78. The van der Waals surface area contributed by atoms with Crippen LogP contribution >= 0.6 is 11.8 Å². The van der Waals surface area contributed by atoms with Gasteiger partial charge in [-0.2, -0.15) is 9.61 Å². The lowest BCUT2D eigenvalue weighted by molar-refractivity contribution is -0.118. The first-order valence-electron chi connectivity index (χ1n) is 9.84. The van der Waals surface area contributed by atoms with Crippen molar-refractivity contribution in [3.05, 3.63) is 60.2 Å². The zero-order valence-corrected chi connectivity index (χ0v) is 18.0. The second kappa shape index (κ2) is 8.75. The van der Waals surface area contributed by atoms with Gasteiger partial charge in [-0.3, -0.25) is 4.79 Å². The van der Waals surface area contributed by atoms with Gasteiger partial charge >= 0.3 is 0 Å². The number of carbonyl (C=O) groups is 1. The number of hydrogen-bond acceptors (Lipinski definition) is 8. The van der Waals surface area contributed by atoms with E-state index < -0.39 is 0 Å². The highest BCUT2D eigenvalue weighted by atomic mass is 32.2. The van der Waals surface area contributed by atoms with Crippen LogP contribution in [0.15, 0.2) is 59.6 Å². The number of carbonyl (C=O) groups excluding carboxylic acids is 1. The molecule has 1 amide bonds. The van der Waals surface area contributed by atoms with Crippen LogP contribution in [0, 0.1) is 0 Å². The SMILES string of the molecule is COc1ccc(-c2nnc3ccc(SCC(=O)NCc4ccc5c(c4)OCO5)nn23)cc1. The third kappa shape index (κ3) is 4.17. The van der Waals surface area contributed by atoms with E-state index >= 15 is 0 Å². The number of benzene rings is 2. The maximum Gasteiger partial charge on any atom is 0.231 e. The molecule has 1 aliphatic heterocycles. The number of methoxy groups -OCH3 is 1. The van der Waals surface area contributed by atoms with Gasteiger partial charge in [0.15, 0.2) is 23.0 Å². The van der Waals surface area contributed by atoms with Crippen LogP contribution in [0.3, 0.4) is 0 Å². The highest BCUT2D eigenvalue weighted by molar-refractivity contribution is 7.99. The lowest BCUT2D eigenvalue weighted by Crippen LogP contribution is -2.24. The summed E-state index contributed by atoms with van der Waals surface area (Å²) in [5.41, 5.74) is 2.45. The molecular formula is C22H19N5O4S. The molecule has 0 aliphatic carbocycles. The van der Waals surface area contributed by atoms with Gasteiger partial charge < -0.3 is 19.5 Å². The minimum Gasteiger partial charge on any atom is -0.497 e. The average Bonchev–Trinajstić information content (AvgIpc) is 3.47. The van der Waals surface area contributed by atoms with Gasteiger partial charge in [0.2, 0.25) is 12.7 Å². The van der Waals surface area contributed by atoms with Gasteiger partial charge in [0, 0.05) is 12.1 Å². The van der Waals surface area contributed by atoms with Crippen LogP contribution in [-0.2, 0) is 11.3 Å². The molecule has 2 aromatic carbocycles. The largest absolute Gasteiger partial charge is 0.497 e. The Labute approximate surface area is 187 Å². The lowest BCUT2D eigenvalue weighted by atomic mass is 10.2. The van der Waals surface area contributed by atoms with Gasteiger partial charge in [-0.15, -0.1) is 10.2 Å². The Morgan fingerprint density at radius 1 is 1.09 bits per heavy atom. The lowest BCUT2D eigenvalue weighted by Gasteiger charge is -2.07. The number of fused-ring (bicyclic) bond motifs is 2. The predicted octanol–water partition coefficient (Wildman–Crippen LogP) is 2.94. The molecule has 0 unspecified atom stereocenters. The van der Waals surface area contributed by atoms with Gasteiger partial charge in [-0.25, -0.2) is 0 Å². The van der Waals surface area contributed by atoms with E-state index in [1.165, 1.54) is 11.8 Å². The van der Waals surface area contributed by atoms with Crippen LogP contribution < -0.4 is 19.5 Å². The van der Waals surface area contributed by atoms with E-state index in [-0.39, 0.29) is 18.5 Å². The molecule has 0 atom stereocenters. The summed E-state index contributed by atoms with van der Waals surface area (Å²) in [7, 11) is 1.62. The normalized spacial score (nSPS) is 12.2. The number of nitrogens with zero attached hydrogens (tertiary/aromatic N) is 4. The summed E-state index contributed by atoms with van der Waals surface area (Å²) >= 11 is 1.35. The molecule has 3 heterocycles. The molecule has 1 N–H and O–H groups in total. The Hall–Kier alpha value is -3.79. The van der Waals surface area contributed by atoms with Gasteiger partial charge in [-0.1, -0.05) is 17.8 Å². The fourth-order valence-corrected chi connectivity index (χ4v) is 3.90. The first kappa shape index (κ1) is 20.1. The van der Waals surface area contributed by atoms with Crippen LogP contribution in [0.25, 0.3) is 17.0 Å². The second-order valence-electron chi connectivity index (χ2n) is 6.95. The van der Waals surface area contributed by atoms with Crippen LogP contribution in [0.2, 0.25) is 0 Å².